The average Bonchev–Trinajstić information content (AvgIpc) is 2.90. The summed E-state index contributed by atoms with van der Waals surface area (Å²) in [4.78, 5) is 17.0. The van der Waals surface area contributed by atoms with Crippen LogP contribution in [0.4, 0.5) is 10.8 Å². The Morgan fingerprint density at radius 1 is 1.30 bits per heavy atom. The molecule has 0 fully saturated rings. The van der Waals surface area contributed by atoms with Gasteiger partial charge in [0.15, 0.2) is 5.69 Å². The molecule has 1 amide bonds. The van der Waals surface area contributed by atoms with Gasteiger partial charge in [-0.05, 0) is 25.0 Å². The van der Waals surface area contributed by atoms with Crippen molar-refractivity contribution in [2.24, 2.45) is 21.7 Å². The highest BCUT2D eigenvalue weighted by atomic mass is 32.1. The number of carbonyl (C=O) groups excluding carboxylic acids is 1. The number of H-pyrrole nitrogens is 1. The highest BCUT2D eigenvalue weighted by molar-refractivity contribution is 7.13. The largest absolute Gasteiger partial charge is 0.369 e. The summed E-state index contributed by atoms with van der Waals surface area (Å²) in [7, 11) is 0. The van der Waals surface area contributed by atoms with E-state index in [1.165, 1.54) is 24.5 Å². The van der Waals surface area contributed by atoms with Gasteiger partial charge in [-0.2, -0.15) is 10.0 Å². The number of carbonyl (C=O) groups is 1. The van der Waals surface area contributed by atoms with Gasteiger partial charge in [0, 0.05) is 12.3 Å². The van der Waals surface area contributed by atoms with Crippen molar-refractivity contribution in [2.45, 2.75) is 20.8 Å². The van der Waals surface area contributed by atoms with Crippen molar-refractivity contribution in [3.63, 3.8) is 0 Å². The van der Waals surface area contributed by atoms with Crippen LogP contribution in [0.5, 0.6) is 0 Å². The number of benzene rings is 1. The lowest BCUT2D eigenvalue weighted by Crippen LogP contribution is -2.29. The molecule has 2 rings (SSSR count). The Kier molecular flexibility index (Phi) is 5.07. The monoisotopic (exact) mass is 331 g/mol. The van der Waals surface area contributed by atoms with Crippen molar-refractivity contribution < 1.29 is 9.78 Å². The van der Waals surface area contributed by atoms with Gasteiger partial charge in [0.25, 0.3) is 0 Å². The van der Waals surface area contributed by atoms with E-state index in [4.69, 9.17) is 11.5 Å². The van der Waals surface area contributed by atoms with Crippen LogP contribution in [0.25, 0.3) is 0 Å². The molecule has 0 aliphatic rings. The van der Waals surface area contributed by atoms with E-state index in [1.807, 2.05) is 37.4 Å². The molecule has 120 valence electrons. The first-order chi connectivity index (χ1) is 10.9. The van der Waals surface area contributed by atoms with E-state index in [2.05, 4.69) is 15.2 Å². The summed E-state index contributed by atoms with van der Waals surface area (Å²) in [5.41, 5.74) is 14.1. The number of para-hydroxylation sites is 1. The van der Waals surface area contributed by atoms with Gasteiger partial charge < -0.3 is 11.5 Å². The maximum atomic E-state index is 12.2. The molecule has 0 atom stereocenters. The fourth-order valence-electron chi connectivity index (χ4n) is 2.19. The zero-order chi connectivity index (χ0) is 17.0. The molecular formula is C15H19N6OS+. The van der Waals surface area contributed by atoms with Crippen LogP contribution in [0.2, 0.25) is 0 Å². The first kappa shape index (κ1) is 16.6. The second-order valence-corrected chi connectivity index (χ2v) is 5.84. The number of nitrogens with two attached hydrogens (primary N) is 2. The third-order valence-electron chi connectivity index (χ3n) is 3.10. The Balaban J connectivity index is 2.41. The van der Waals surface area contributed by atoms with Gasteiger partial charge >= 0.3 is 11.0 Å². The number of rotatable bonds is 4. The number of nitrogens with one attached hydrogen (secondary N) is 1. The molecule has 8 heteroatoms. The second-order valence-electron chi connectivity index (χ2n) is 4.99. The first-order valence-corrected chi connectivity index (χ1v) is 7.77. The van der Waals surface area contributed by atoms with Gasteiger partial charge in [-0.3, -0.25) is 0 Å². The maximum Gasteiger partial charge on any atom is 0.347 e. The van der Waals surface area contributed by atoms with Gasteiger partial charge in [0.05, 0.1) is 6.21 Å². The quantitative estimate of drug-likeness (QED) is 0.502. The van der Waals surface area contributed by atoms with E-state index < -0.39 is 0 Å². The number of thiazole rings is 1. The highest BCUT2D eigenvalue weighted by Gasteiger charge is 2.28. The third kappa shape index (κ3) is 3.92. The van der Waals surface area contributed by atoms with E-state index in [1.54, 1.807) is 4.90 Å². The van der Waals surface area contributed by atoms with E-state index in [9.17, 15) is 4.79 Å². The Bertz CT molecular complexity index is 756. The number of anilines is 2. The van der Waals surface area contributed by atoms with Crippen molar-refractivity contribution in [1.82, 2.24) is 0 Å². The van der Waals surface area contributed by atoms with Gasteiger partial charge in [-0.15, -0.1) is 5.10 Å². The van der Waals surface area contributed by atoms with E-state index in [0.29, 0.717) is 10.8 Å². The van der Waals surface area contributed by atoms with Crippen LogP contribution in [0, 0.1) is 13.8 Å². The average molecular weight is 331 g/mol. The predicted octanol–water partition coefficient (Wildman–Crippen LogP) is 1.47. The molecule has 0 radical (unpaired) electrons. The number of hydrogen-bond acceptors (Lipinski definition) is 4. The minimum absolute atomic E-state index is 0.0757. The summed E-state index contributed by atoms with van der Waals surface area (Å²) in [6, 6.07) is 5.93. The lowest BCUT2D eigenvalue weighted by Gasteiger charge is -2.15. The molecule has 0 aliphatic heterocycles. The minimum Gasteiger partial charge on any atom is -0.369 e. The van der Waals surface area contributed by atoms with Crippen molar-refractivity contribution in [2.75, 3.05) is 4.90 Å². The van der Waals surface area contributed by atoms with Crippen LogP contribution < -0.4 is 21.4 Å². The summed E-state index contributed by atoms with van der Waals surface area (Å²) in [5.74, 6) is -0.189. The van der Waals surface area contributed by atoms with Crippen molar-refractivity contribution in [3.05, 3.63) is 40.4 Å². The zero-order valence-electron chi connectivity index (χ0n) is 13.2. The number of aromatic amines is 1. The summed E-state index contributed by atoms with van der Waals surface area (Å²) in [6.45, 7) is 5.49. The van der Waals surface area contributed by atoms with E-state index >= 15 is 0 Å². The zero-order valence-corrected chi connectivity index (χ0v) is 14.0. The van der Waals surface area contributed by atoms with Crippen molar-refractivity contribution in [3.8, 4) is 0 Å². The SMILES string of the molecule is CC(=O)N(c1[nH+]c(/C=N\N=C(N)N)cs1)c1c(C)cccc1C. The number of amides is 1. The fourth-order valence-corrected chi connectivity index (χ4v) is 3.05. The summed E-state index contributed by atoms with van der Waals surface area (Å²) >= 11 is 1.40. The second kappa shape index (κ2) is 7.01. The molecule has 0 saturated carbocycles. The molecule has 1 aromatic heterocycles. The normalized spacial score (nSPS) is 10.7. The maximum absolute atomic E-state index is 12.2. The van der Waals surface area contributed by atoms with Gasteiger partial charge in [-0.25, -0.2) is 9.78 Å². The van der Waals surface area contributed by atoms with Crippen LogP contribution >= 0.6 is 11.3 Å². The first-order valence-electron chi connectivity index (χ1n) is 6.90. The molecular weight excluding hydrogens is 312 g/mol. The van der Waals surface area contributed by atoms with Crippen molar-refractivity contribution >= 4 is 40.2 Å². The van der Waals surface area contributed by atoms with Gasteiger partial charge in [0.2, 0.25) is 5.96 Å². The van der Waals surface area contributed by atoms with Gasteiger partial charge in [-0.1, -0.05) is 29.5 Å². The minimum atomic E-state index is -0.113. The topological polar surface area (TPSA) is 111 Å². The molecule has 0 aliphatic carbocycles. The highest BCUT2D eigenvalue weighted by Crippen LogP contribution is 2.31. The number of nitrogens with zero attached hydrogens (tertiary/aromatic N) is 3. The van der Waals surface area contributed by atoms with Crippen molar-refractivity contribution in [1.29, 1.82) is 0 Å². The van der Waals surface area contributed by atoms with E-state index in [-0.39, 0.29) is 11.9 Å². The third-order valence-corrected chi connectivity index (χ3v) is 3.98. The smallest absolute Gasteiger partial charge is 0.347 e. The Morgan fingerprint density at radius 3 is 2.52 bits per heavy atom. The molecule has 0 spiro atoms. The van der Waals surface area contributed by atoms with E-state index in [0.717, 1.165) is 16.8 Å². The van der Waals surface area contributed by atoms with Crippen LogP contribution in [0.3, 0.4) is 0 Å². The molecule has 0 saturated heterocycles. The number of hydrogen-bond donors (Lipinski definition) is 2. The molecule has 7 nitrogen and oxygen atoms in total. The van der Waals surface area contributed by atoms with Gasteiger partial charge in [0.1, 0.15) is 5.69 Å². The molecule has 2 aromatic rings. The number of aromatic nitrogens is 1. The molecule has 0 unspecified atom stereocenters. The molecule has 5 N–H and O–H groups in total. The summed E-state index contributed by atoms with van der Waals surface area (Å²) in [6.07, 6.45) is 1.49. The van der Waals surface area contributed by atoms with Crippen LogP contribution in [0.1, 0.15) is 23.7 Å². The molecule has 1 aromatic carbocycles. The Labute approximate surface area is 138 Å². The fraction of sp³-hybridized carbons (Fsp3) is 0.200. The molecule has 1 heterocycles. The Hall–Kier alpha value is -2.74. The number of aryl methyl sites for hydroxylation is 2. The summed E-state index contributed by atoms with van der Waals surface area (Å²) < 4.78 is 0. The van der Waals surface area contributed by atoms with Crippen LogP contribution in [0.15, 0.2) is 33.8 Å². The van der Waals surface area contributed by atoms with Crippen LogP contribution in [-0.4, -0.2) is 18.1 Å². The summed E-state index contributed by atoms with van der Waals surface area (Å²) in [5, 5.41) is 9.83. The molecule has 23 heavy (non-hydrogen) atoms. The van der Waals surface area contributed by atoms with Crippen LogP contribution in [-0.2, 0) is 4.79 Å². The molecule has 0 bridgehead atoms. The Morgan fingerprint density at radius 2 is 1.96 bits per heavy atom. The lowest BCUT2D eigenvalue weighted by molar-refractivity contribution is -0.357. The predicted molar refractivity (Wildman–Crippen MR) is 93.0 cm³/mol. The standard InChI is InChI=1S/C15H18N6OS/c1-9-5-4-6-10(2)13(9)21(11(3)22)15-19-12(8-23-15)7-18-20-14(16)17/h4-8H,1-3H3,(H4,16,17,20)/p+1/b18-7-. The number of guanidine groups is 1. The lowest BCUT2D eigenvalue weighted by atomic mass is 10.1.